The average Bonchev–Trinajstić information content (AvgIpc) is 2.87. The van der Waals surface area contributed by atoms with Crippen molar-refractivity contribution in [1.29, 1.82) is 0 Å². The third kappa shape index (κ3) is 6.37. The zero-order valence-electron chi connectivity index (χ0n) is 20.7. The summed E-state index contributed by atoms with van der Waals surface area (Å²) in [5, 5.41) is 3.02. The smallest absolute Gasteiger partial charge is 0.255 e. The standard InChI is InChI=1S/C29H31N5O/c1-20-7-10-23(29(35)32-26-11-8-22(9-12-26)16-21(2)34(3)4)17-25(20)18-28-31-15-13-27(33-28)24-6-5-14-30-19-24/h5-15,17,19,21H,16,18H2,1-4H3,(H,32,35). The van der Waals surface area contributed by atoms with Gasteiger partial charge in [-0.15, -0.1) is 0 Å². The molecule has 0 bridgehead atoms. The number of amides is 1. The van der Waals surface area contributed by atoms with E-state index >= 15 is 0 Å². The molecule has 0 radical (unpaired) electrons. The molecule has 0 spiro atoms. The van der Waals surface area contributed by atoms with Gasteiger partial charge in [-0.3, -0.25) is 9.78 Å². The van der Waals surface area contributed by atoms with E-state index in [2.05, 4.69) is 53.3 Å². The molecule has 0 aliphatic carbocycles. The fourth-order valence-electron chi connectivity index (χ4n) is 3.78. The van der Waals surface area contributed by atoms with E-state index in [9.17, 15) is 4.79 Å². The predicted molar refractivity (Wildman–Crippen MR) is 140 cm³/mol. The summed E-state index contributed by atoms with van der Waals surface area (Å²) in [5.74, 6) is 0.570. The Morgan fingerprint density at radius 2 is 1.83 bits per heavy atom. The van der Waals surface area contributed by atoms with Crippen molar-refractivity contribution in [3.63, 3.8) is 0 Å². The number of aromatic nitrogens is 3. The Morgan fingerprint density at radius 3 is 2.54 bits per heavy atom. The van der Waals surface area contributed by atoms with Crippen LogP contribution in [0.25, 0.3) is 11.3 Å². The molecule has 178 valence electrons. The van der Waals surface area contributed by atoms with E-state index < -0.39 is 0 Å². The Labute approximate surface area is 207 Å². The van der Waals surface area contributed by atoms with Crippen molar-refractivity contribution < 1.29 is 4.79 Å². The second-order valence-electron chi connectivity index (χ2n) is 9.09. The van der Waals surface area contributed by atoms with E-state index in [1.165, 1.54) is 5.56 Å². The van der Waals surface area contributed by atoms with E-state index in [-0.39, 0.29) is 5.91 Å². The van der Waals surface area contributed by atoms with E-state index in [0.717, 1.165) is 34.5 Å². The van der Waals surface area contributed by atoms with Crippen LogP contribution in [0.1, 0.15) is 39.8 Å². The second-order valence-corrected chi connectivity index (χ2v) is 9.09. The summed E-state index contributed by atoms with van der Waals surface area (Å²) in [6, 6.07) is 20.0. The van der Waals surface area contributed by atoms with Crippen LogP contribution in [0.4, 0.5) is 5.69 Å². The molecule has 35 heavy (non-hydrogen) atoms. The monoisotopic (exact) mass is 465 g/mol. The number of hydrogen-bond donors (Lipinski definition) is 1. The van der Waals surface area contributed by atoms with Crippen LogP contribution in [0.15, 0.2) is 79.3 Å². The minimum atomic E-state index is -0.134. The SMILES string of the molecule is Cc1ccc(C(=O)Nc2ccc(CC(C)N(C)C)cc2)cc1Cc1nccc(-c2cccnc2)n1. The maximum Gasteiger partial charge on any atom is 0.255 e. The molecule has 4 rings (SSSR count). The van der Waals surface area contributed by atoms with Crippen LogP contribution >= 0.6 is 0 Å². The molecule has 0 aliphatic rings. The maximum absolute atomic E-state index is 13.0. The fraction of sp³-hybridized carbons (Fsp3) is 0.241. The Balaban J connectivity index is 1.46. The summed E-state index contributed by atoms with van der Waals surface area (Å²) in [4.78, 5) is 28.5. The van der Waals surface area contributed by atoms with E-state index in [1.54, 1.807) is 18.6 Å². The van der Waals surface area contributed by atoms with Gasteiger partial charge in [0.25, 0.3) is 5.91 Å². The number of nitrogens with one attached hydrogen (secondary N) is 1. The van der Waals surface area contributed by atoms with Crippen molar-refractivity contribution >= 4 is 11.6 Å². The molecule has 6 heteroatoms. The van der Waals surface area contributed by atoms with Crippen molar-refractivity contribution in [2.24, 2.45) is 0 Å². The minimum absolute atomic E-state index is 0.134. The number of hydrogen-bond acceptors (Lipinski definition) is 5. The highest BCUT2D eigenvalue weighted by Gasteiger charge is 2.12. The fourth-order valence-corrected chi connectivity index (χ4v) is 3.78. The van der Waals surface area contributed by atoms with Crippen molar-refractivity contribution in [2.45, 2.75) is 32.7 Å². The normalized spacial score (nSPS) is 11.9. The van der Waals surface area contributed by atoms with Crippen LogP contribution in [0.2, 0.25) is 0 Å². The van der Waals surface area contributed by atoms with Crippen LogP contribution in [0, 0.1) is 6.92 Å². The maximum atomic E-state index is 13.0. The van der Waals surface area contributed by atoms with Gasteiger partial charge in [-0.2, -0.15) is 0 Å². The summed E-state index contributed by atoms with van der Waals surface area (Å²) in [6.45, 7) is 4.24. The molecule has 1 amide bonds. The van der Waals surface area contributed by atoms with E-state index in [1.807, 2.05) is 55.5 Å². The van der Waals surface area contributed by atoms with Crippen molar-refractivity contribution in [3.8, 4) is 11.3 Å². The molecule has 2 aromatic heterocycles. The van der Waals surface area contributed by atoms with Gasteiger partial charge < -0.3 is 10.2 Å². The summed E-state index contributed by atoms with van der Waals surface area (Å²) in [6.07, 6.45) is 6.80. The molecule has 0 saturated heterocycles. The first kappa shape index (κ1) is 24.2. The first-order chi connectivity index (χ1) is 16.9. The summed E-state index contributed by atoms with van der Waals surface area (Å²) in [5.41, 5.74) is 6.53. The minimum Gasteiger partial charge on any atom is -0.322 e. The molecular weight excluding hydrogens is 434 g/mol. The van der Waals surface area contributed by atoms with Crippen LogP contribution in [-0.2, 0) is 12.8 Å². The number of pyridine rings is 1. The van der Waals surface area contributed by atoms with Crippen molar-refractivity contribution in [1.82, 2.24) is 19.9 Å². The van der Waals surface area contributed by atoms with Crippen LogP contribution in [0.3, 0.4) is 0 Å². The van der Waals surface area contributed by atoms with Gasteiger partial charge in [0.1, 0.15) is 5.82 Å². The Kier molecular flexibility index (Phi) is 7.63. The number of aryl methyl sites for hydroxylation is 1. The number of carbonyl (C=O) groups excluding carboxylic acids is 1. The second kappa shape index (κ2) is 11.0. The zero-order valence-corrected chi connectivity index (χ0v) is 20.7. The highest BCUT2D eigenvalue weighted by atomic mass is 16.1. The van der Waals surface area contributed by atoms with Crippen molar-refractivity contribution in [2.75, 3.05) is 19.4 Å². The molecule has 0 fully saturated rings. The molecule has 6 nitrogen and oxygen atoms in total. The summed E-state index contributed by atoms with van der Waals surface area (Å²) in [7, 11) is 4.16. The van der Waals surface area contributed by atoms with E-state index in [4.69, 9.17) is 4.98 Å². The van der Waals surface area contributed by atoms with Gasteiger partial charge in [0.05, 0.1) is 5.69 Å². The summed E-state index contributed by atoms with van der Waals surface area (Å²) >= 11 is 0. The molecule has 1 unspecified atom stereocenters. The van der Waals surface area contributed by atoms with Gasteiger partial charge in [-0.1, -0.05) is 18.2 Å². The average molecular weight is 466 g/mol. The number of likely N-dealkylation sites (N-methyl/N-ethyl adjacent to an activating group) is 1. The lowest BCUT2D eigenvalue weighted by atomic mass is 10.0. The first-order valence-electron chi connectivity index (χ1n) is 11.8. The molecule has 1 atom stereocenters. The molecule has 4 aromatic rings. The third-order valence-electron chi connectivity index (χ3n) is 6.25. The Bertz CT molecular complexity index is 1290. The third-order valence-corrected chi connectivity index (χ3v) is 6.25. The molecule has 2 heterocycles. The largest absolute Gasteiger partial charge is 0.322 e. The molecule has 0 aliphatic heterocycles. The van der Waals surface area contributed by atoms with Gasteiger partial charge in [-0.25, -0.2) is 9.97 Å². The first-order valence-corrected chi connectivity index (χ1v) is 11.8. The highest BCUT2D eigenvalue weighted by molar-refractivity contribution is 6.04. The molecule has 2 aromatic carbocycles. The molecule has 0 saturated carbocycles. The Hall–Kier alpha value is -3.90. The van der Waals surface area contributed by atoms with Crippen LogP contribution < -0.4 is 5.32 Å². The molecule has 1 N–H and O–H groups in total. The number of rotatable bonds is 8. The van der Waals surface area contributed by atoms with Gasteiger partial charge >= 0.3 is 0 Å². The lowest BCUT2D eigenvalue weighted by Crippen LogP contribution is -2.26. The molecular formula is C29H31N5O. The van der Waals surface area contributed by atoms with Gasteiger partial charge in [-0.05, 0) is 93.5 Å². The van der Waals surface area contributed by atoms with E-state index in [0.29, 0.717) is 23.9 Å². The number of nitrogens with zero attached hydrogens (tertiary/aromatic N) is 4. The quantitative estimate of drug-likeness (QED) is 0.388. The lowest BCUT2D eigenvalue weighted by molar-refractivity contribution is 0.102. The van der Waals surface area contributed by atoms with Gasteiger partial charge in [0.2, 0.25) is 0 Å². The van der Waals surface area contributed by atoms with Gasteiger partial charge in [0, 0.05) is 47.9 Å². The summed E-state index contributed by atoms with van der Waals surface area (Å²) < 4.78 is 0. The predicted octanol–water partition coefficient (Wildman–Crippen LogP) is 5.18. The Morgan fingerprint density at radius 1 is 1.03 bits per heavy atom. The highest BCUT2D eigenvalue weighted by Crippen LogP contribution is 2.19. The number of carbonyl (C=O) groups is 1. The van der Waals surface area contributed by atoms with Crippen LogP contribution in [-0.4, -0.2) is 45.9 Å². The number of anilines is 1. The van der Waals surface area contributed by atoms with Crippen molar-refractivity contribution in [3.05, 3.63) is 107 Å². The zero-order chi connectivity index (χ0) is 24.8. The topological polar surface area (TPSA) is 71.0 Å². The number of benzene rings is 2. The lowest BCUT2D eigenvalue weighted by Gasteiger charge is -2.19. The van der Waals surface area contributed by atoms with Crippen LogP contribution in [0.5, 0.6) is 0 Å². The van der Waals surface area contributed by atoms with Gasteiger partial charge in [0.15, 0.2) is 0 Å².